The van der Waals surface area contributed by atoms with Gasteiger partial charge in [-0.25, -0.2) is 0 Å². The smallest absolute Gasteiger partial charge is 0.0909 e. The Balaban J connectivity index is 2.21. The molecule has 0 amide bonds. The number of hydrogen-bond acceptors (Lipinski definition) is 2. The summed E-state index contributed by atoms with van der Waals surface area (Å²) in [5.74, 6) is 0. The summed E-state index contributed by atoms with van der Waals surface area (Å²) < 4.78 is 0. The molecule has 0 aliphatic rings. The Bertz CT molecular complexity index is 474. The topological polar surface area (TPSA) is 33.1 Å². The van der Waals surface area contributed by atoms with Crippen LogP contribution in [0.1, 0.15) is 23.6 Å². The van der Waals surface area contributed by atoms with Gasteiger partial charge in [0.2, 0.25) is 0 Å². The maximum Gasteiger partial charge on any atom is 0.0909 e. The normalized spacial score (nSPS) is 14.3. The molecule has 0 bridgehead atoms. The third-order valence-corrected chi connectivity index (χ3v) is 2.94. The van der Waals surface area contributed by atoms with E-state index in [1.165, 1.54) is 5.56 Å². The minimum absolute atomic E-state index is 0.573. The fraction of sp³-hybridized carbons (Fsp3) is 0.267. The summed E-state index contributed by atoms with van der Waals surface area (Å²) in [5, 5.41) is 10.5. The predicted molar refractivity (Wildman–Crippen MR) is 68.7 cm³/mol. The molecule has 1 atom stereocenters. The van der Waals surface area contributed by atoms with E-state index in [-0.39, 0.29) is 0 Å². The first-order chi connectivity index (χ1) is 8.08. The van der Waals surface area contributed by atoms with Crippen LogP contribution in [-0.4, -0.2) is 10.1 Å². The molecule has 0 saturated carbocycles. The second kappa shape index (κ2) is 4.68. The number of pyridine rings is 1. The highest BCUT2D eigenvalue weighted by molar-refractivity contribution is 5.28. The van der Waals surface area contributed by atoms with Gasteiger partial charge in [-0.1, -0.05) is 35.9 Å². The van der Waals surface area contributed by atoms with Crippen molar-refractivity contribution < 1.29 is 5.11 Å². The van der Waals surface area contributed by atoms with Gasteiger partial charge in [-0.3, -0.25) is 4.98 Å². The lowest BCUT2D eigenvalue weighted by Gasteiger charge is -2.24. The lowest BCUT2D eigenvalue weighted by Crippen LogP contribution is -2.24. The zero-order chi connectivity index (χ0) is 12.3. The van der Waals surface area contributed by atoms with Gasteiger partial charge < -0.3 is 5.11 Å². The van der Waals surface area contributed by atoms with Gasteiger partial charge in [0.25, 0.3) is 0 Å². The summed E-state index contributed by atoms with van der Waals surface area (Å²) in [4.78, 5) is 4.07. The van der Waals surface area contributed by atoms with Gasteiger partial charge in [0.1, 0.15) is 0 Å². The molecule has 0 aliphatic carbocycles. The molecule has 0 aliphatic heterocycles. The van der Waals surface area contributed by atoms with E-state index in [2.05, 4.69) is 4.98 Å². The van der Waals surface area contributed by atoms with Crippen LogP contribution in [0.15, 0.2) is 48.8 Å². The lowest BCUT2D eigenvalue weighted by atomic mass is 9.89. The highest BCUT2D eigenvalue weighted by atomic mass is 16.3. The van der Waals surface area contributed by atoms with Crippen LogP contribution in [0.5, 0.6) is 0 Å². The van der Waals surface area contributed by atoms with E-state index in [4.69, 9.17) is 0 Å². The predicted octanol–water partition coefficient (Wildman–Crippen LogP) is 2.84. The Morgan fingerprint density at radius 1 is 1.18 bits per heavy atom. The minimum Gasteiger partial charge on any atom is -0.385 e. The third-order valence-electron chi connectivity index (χ3n) is 2.94. The Morgan fingerprint density at radius 3 is 2.47 bits per heavy atom. The zero-order valence-electron chi connectivity index (χ0n) is 10.2. The molecule has 0 spiro atoms. The summed E-state index contributed by atoms with van der Waals surface area (Å²) in [6.07, 6.45) is 4.11. The molecule has 88 valence electrons. The molecule has 0 saturated heterocycles. The second-order valence-electron chi connectivity index (χ2n) is 4.68. The van der Waals surface area contributed by atoms with Crippen LogP contribution in [0, 0.1) is 6.92 Å². The van der Waals surface area contributed by atoms with Crippen molar-refractivity contribution in [3.8, 4) is 0 Å². The van der Waals surface area contributed by atoms with E-state index in [0.29, 0.717) is 6.42 Å². The number of aryl methyl sites for hydroxylation is 1. The summed E-state index contributed by atoms with van der Waals surface area (Å²) in [5.41, 5.74) is 2.33. The van der Waals surface area contributed by atoms with Gasteiger partial charge in [-0.2, -0.15) is 0 Å². The maximum atomic E-state index is 10.5. The van der Waals surface area contributed by atoms with Gasteiger partial charge in [0.15, 0.2) is 0 Å². The Hall–Kier alpha value is -1.67. The highest BCUT2D eigenvalue weighted by Gasteiger charge is 2.23. The van der Waals surface area contributed by atoms with Crippen molar-refractivity contribution in [2.45, 2.75) is 25.9 Å². The van der Waals surface area contributed by atoms with Crippen molar-refractivity contribution in [3.63, 3.8) is 0 Å². The highest BCUT2D eigenvalue weighted by Crippen LogP contribution is 2.25. The Labute approximate surface area is 102 Å². The molecule has 2 heteroatoms. The molecule has 2 rings (SSSR count). The fourth-order valence-electron chi connectivity index (χ4n) is 1.91. The van der Waals surface area contributed by atoms with Crippen LogP contribution >= 0.6 is 0 Å². The molecule has 1 N–H and O–H groups in total. The molecule has 1 unspecified atom stereocenters. The average molecular weight is 227 g/mol. The SMILES string of the molecule is Cc1ccc(C(C)(O)Cc2cccnc2)cc1. The standard InChI is InChI=1S/C15H17NO/c1-12-5-7-14(8-6-12)15(2,17)10-13-4-3-9-16-11-13/h3-9,11,17H,10H2,1-2H3. The average Bonchev–Trinajstić information content (AvgIpc) is 2.30. The van der Waals surface area contributed by atoms with Crippen molar-refractivity contribution in [2.24, 2.45) is 0 Å². The third kappa shape index (κ3) is 2.92. The molecule has 1 aromatic carbocycles. The largest absolute Gasteiger partial charge is 0.385 e. The number of aromatic nitrogens is 1. The van der Waals surface area contributed by atoms with Gasteiger partial charge in [-0.15, -0.1) is 0 Å². The number of nitrogens with zero attached hydrogens (tertiary/aromatic N) is 1. The van der Waals surface area contributed by atoms with Crippen LogP contribution in [0.3, 0.4) is 0 Å². The maximum absolute atomic E-state index is 10.5. The molecule has 1 aromatic heterocycles. The minimum atomic E-state index is -0.850. The molecule has 17 heavy (non-hydrogen) atoms. The van der Waals surface area contributed by atoms with Gasteiger partial charge in [0.05, 0.1) is 5.60 Å². The Kier molecular flexibility index (Phi) is 3.25. The molecular formula is C15H17NO. The van der Waals surface area contributed by atoms with Crippen LogP contribution in [-0.2, 0) is 12.0 Å². The molecule has 2 aromatic rings. The summed E-state index contributed by atoms with van der Waals surface area (Å²) in [7, 11) is 0. The first-order valence-corrected chi connectivity index (χ1v) is 5.76. The van der Waals surface area contributed by atoms with E-state index in [0.717, 1.165) is 11.1 Å². The first-order valence-electron chi connectivity index (χ1n) is 5.76. The quantitative estimate of drug-likeness (QED) is 0.874. The molecule has 0 fully saturated rings. The number of benzene rings is 1. The van der Waals surface area contributed by atoms with Crippen molar-refractivity contribution in [3.05, 3.63) is 65.5 Å². The van der Waals surface area contributed by atoms with E-state index in [9.17, 15) is 5.11 Å². The van der Waals surface area contributed by atoms with E-state index < -0.39 is 5.60 Å². The summed E-state index contributed by atoms with van der Waals surface area (Å²) >= 11 is 0. The second-order valence-corrected chi connectivity index (χ2v) is 4.68. The molecule has 0 radical (unpaired) electrons. The van der Waals surface area contributed by atoms with Crippen molar-refractivity contribution in [2.75, 3.05) is 0 Å². The van der Waals surface area contributed by atoms with Crippen molar-refractivity contribution >= 4 is 0 Å². The number of aliphatic hydroxyl groups is 1. The fourth-order valence-corrected chi connectivity index (χ4v) is 1.91. The monoisotopic (exact) mass is 227 g/mol. The van der Waals surface area contributed by atoms with Crippen LogP contribution < -0.4 is 0 Å². The van der Waals surface area contributed by atoms with Crippen LogP contribution in [0.4, 0.5) is 0 Å². The van der Waals surface area contributed by atoms with Crippen LogP contribution in [0.2, 0.25) is 0 Å². The number of hydrogen-bond donors (Lipinski definition) is 1. The molecule has 1 heterocycles. The zero-order valence-corrected chi connectivity index (χ0v) is 10.2. The number of rotatable bonds is 3. The van der Waals surface area contributed by atoms with E-state index in [1.54, 1.807) is 12.4 Å². The van der Waals surface area contributed by atoms with Crippen molar-refractivity contribution in [1.29, 1.82) is 0 Å². The van der Waals surface area contributed by atoms with Crippen LogP contribution in [0.25, 0.3) is 0 Å². The van der Waals surface area contributed by atoms with Gasteiger partial charge in [0, 0.05) is 18.8 Å². The Morgan fingerprint density at radius 2 is 1.88 bits per heavy atom. The summed E-state index contributed by atoms with van der Waals surface area (Å²) in [6.45, 7) is 3.88. The lowest BCUT2D eigenvalue weighted by molar-refractivity contribution is 0.0575. The van der Waals surface area contributed by atoms with E-state index >= 15 is 0 Å². The van der Waals surface area contributed by atoms with E-state index in [1.807, 2.05) is 50.2 Å². The molecule has 2 nitrogen and oxygen atoms in total. The summed E-state index contributed by atoms with van der Waals surface area (Å²) in [6, 6.07) is 11.9. The van der Waals surface area contributed by atoms with Gasteiger partial charge in [-0.05, 0) is 31.0 Å². The first kappa shape index (κ1) is 11.8. The van der Waals surface area contributed by atoms with Crippen molar-refractivity contribution in [1.82, 2.24) is 4.98 Å². The van der Waals surface area contributed by atoms with Gasteiger partial charge >= 0.3 is 0 Å². The molecular weight excluding hydrogens is 210 g/mol.